The lowest BCUT2D eigenvalue weighted by molar-refractivity contribution is -0.184. The van der Waals surface area contributed by atoms with Crippen LogP contribution < -0.4 is 0 Å². The summed E-state index contributed by atoms with van der Waals surface area (Å²) in [5.74, 6) is -0.964. The second-order valence-electron chi connectivity index (χ2n) is 4.60. The summed E-state index contributed by atoms with van der Waals surface area (Å²) >= 11 is 0. The standard InChI is InChI=1S/C10H18O4/c1-7-6-10(13,4-5-14-7)9(2,3)8(11)12/h7,13H,4-6H2,1-3H3,(H,11,12). The maximum Gasteiger partial charge on any atom is 0.312 e. The van der Waals surface area contributed by atoms with E-state index < -0.39 is 17.0 Å². The summed E-state index contributed by atoms with van der Waals surface area (Å²) in [5, 5.41) is 19.3. The van der Waals surface area contributed by atoms with Gasteiger partial charge in [0.25, 0.3) is 0 Å². The van der Waals surface area contributed by atoms with E-state index >= 15 is 0 Å². The molecule has 1 fully saturated rings. The van der Waals surface area contributed by atoms with Crippen LogP contribution in [0.15, 0.2) is 0 Å². The average Bonchev–Trinajstić information content (AvgIpc) is 2.03. The molecule has 0 aromatic carbocycles. The first kappa shape index (κ1) is 11.5. The largest absolute Gasteiger partial charge is 0.481 e. The molecule has 2 atom stereocenters. The van der Waals surface area contributed by atoms with Crippen LogP contribution in [0, 0.1) is 5.41 Å². The lowest BCUT2D eigenvalue weighted by atomic mass is 9.69. The zero-order valence-corrected chi connectivity index (χ0v) is 8.91. The highest BCUT2D eigenvalue weighted by molar-refractivity contribution is 5.75. The van der Waals surface area contributed by atoms with Gasteiger partial charge in [0, 0.05) is 19.4 Å². The number of ether oxygens (including phenoxy) is 1. The van der Waals surface area contributed by atoms with Gasteiger partial charge in [0.2, 0.25) is 0 Å². The predicted molar refractivity (Wildman–Crippen MR) is 51.0 cm³/mol. The summed E-state index contributed by atoms with van der Waals surface area (Å²) in [6.07, 6.45) is 0.690. The second kappa shape index (κ2) is 3.51. The Labute approximate surface area is 83.9 Å². The Morgan fingerprint density at radius 3 is 2.57 bits per heavy atom. The Hall–Kier alpha value is -0.610. The summed E-state index contributed by atoms with van der Waals surface area (Å²) in [5.41, 5.74) is -2.28. The molecule has 0 bridgehead atoms. The summed E-state index contributed by atoms with van der Waals surface area (Å²) < 4.78 is 5.30. The van der Waals surface area contributed by atoms with E-state index in [2.05, 4.69) is 0 Å². The van der Waals surface area contributed by atoms with E-state index in [1.165, 1.54) is 0 Å². The van der Waals surface area contributed by atoms with Crippen molar-refractivity contribution in [3.8, 4) is 0 Å². The zero-order chi connectivity index (χ0) is 11.0. The number of carboxylic acids is 1. The molecule has 2 unspecified atom stereocenters. The third-order valence-corrected chi connectivity index (χ3v) is 3.24. The number of hydrogen-bond donors (Lipinski definition) is 2. The molecule has 1 heterocycles. The molecule has 0 amide bonds. The maximum absolute atomic E-state index is 11.0. The van der Waals surface area contributed by atoms with E-state index in [1.54, 1.807) is 13.8 Å². The van der Waals surface area contributed by atoms with Crippen LogP contribution in [-0.4, -0.2) is 34.5 Å². The monoisotopic (exact) mass is 202 g/mol. The maximum atomic E-state index is 11.0. The van der Waals surface area contributed by atoms with Gasteiger partial charge in [-0.25, -0.2) is 0 Å². The van der Waals surface area contributed by atoms with Crippen LogP contribution in [0.1, 0.15) is 33.6 Å². The molecule has 4 nitrogen and oxygen atoms in total. The highest BCUT2D eigenvalue weighted by atomic mass is 16.5. The molecule has 0 aliphatic carbocycles. The minimum atomic E-state index is -1.16. The van der Waals surface area contributed by atoms with Crippen LogP contribution in [0.5, 0.6) is 0 Å². The van der Waals surface area contributed by atoms with Crippen LogP contribution >= 0.6 is 0 Å². The Kier molecular flexibility index (Phi) is 2.88. The Morgan fingerprint density at radius 1 is 1.57 bits per heavy atom. The highest BCUT2D eigenvalue weighted by Gasteiger charge is 2.50. The summed E-state index contributed by atoms with van der Waals surface area (Å²) in [6, 6.07) is 0. The second-order valence-corrected chi connectivity index (χ2v) is 4.60. The summed E-state index contributed by atoms with van der Waals surface area (Å²) in [4.78, 5) is 11.0. The van der Waals surface area contributed by atoms with Crippen LogP contribution in [-0.2, 0) is 9.53 Å². The fourth-order valence-corrected chi connectivity index (χ4v) is 1.83. The smallest absolute Gasteiger partial charge is 0.312 e. The fraction of sp³-hybridized carbons (Fsp3) is 0.900. The van der Waals surface area contributed by atoms with Crippen molar-refractivity contribution in [3.05, 3.63) is 0 Å². The predicted octanol–water partition coefficient (Wildman–Crippen LogP) is 1.03. The molecule has 1 rings (SSSR count). The van der Waals surface area contributed by atoms with Crippen molar-refractivity contribution in [2.24, 2.45) is 5.41 Å². The van der Waals surface area contributed by atoms with Crippen molar-refractivity contribution < 1.29 is 19.7 Å². The van der Waals surface area contributed by atoms with Gasteiger partial charge in [0.15, 0.2) is 0 Å². The lowest BCUT2D eigenvalue weighted by Crippen LogP contribution is -2.54. The van der Waals surface area contributed by atoms with Crippen LogP contribution in [0.2, 0.25) is 0 Å². The third kappa shape index (κ3) is 1.77. The molecular formula is C10H18O4. The SMILES string of the molecule is CC1CC(O)(C(C)(C)C(=O)O)CCO1. The number of rotatable bonds is 2. The van der Waals surface area contributed by atoms with Gasteiger partial charge >= 0.3 is 5.97 Å². The number of aliphatic carboxylic acids is 1. The van der Waals surface area contributed by atoms with Gasteiger partial charge in [-0.15, -0.1) is 0 Å². The van der Waals surface area contributed by atoms with E-state index in [0.29, 0.717) is 19.4 Å². The normalized spacial score (nSPS) is 34.1. The van der Waals surface area contributed by atoms with Gasteiger partial charge in [0.05, 0.1) is 17.1 Å². The van der Waals surface area contributed by atoms with Crippen molar-refractivity contribution in [3.63, 3.8) is 0 Å². The molecule has 14 heavy (non-hydrogen) atoms. The Morgan fingerprint density at radius 2 is 2.14 bits per heavy atom. The van der Waals surface area contributed by atoms with Crippen LogP contribution in [0.3, 0.4) is 0 Å². The summed E-state index contributed by atoms with van der Waals surface area (Å²) in [6.45, 7) is 5.40. The molecule has 1 saturated heterocycles. The molecule has 0 saturated carbocycles. The van der Waals surface area contributed by atoms with Crippen molar-refractivity contribution in [1.82, 2.24) is 0 Å². The minimum absolute atomic E-state index is 0.0765. The first-order valence-electron chi connectivity index (χ1n) is 4.87. The molecule has 2 N–H and O–H groups in total. The third-order valence-electron chi connectivity index (χ3n) is 3.24. The minimum Gasteiger partial charge on any atom is -0.481 e. The molecule has 4 heteroatoms. The highest BCUT2D eigenvalue weighted by Crippen LogP contribution is 2.40. The fourth-order valence-electron chi connectivity index (χ4n) is 1.83. The quantitative estimate of drug-likeness (QED) is 0.701. The molecule has 82 valence electrons. The van der Waals surface area contributed by atoms with Gasteiger partial charge in [-0.05, 0) is 20.8 Å². The topological polar surface area (TPSA) is 66.8 Å². The van der Waals surface area contributed by atoms with Gasteiger partial charge in [0.1, 0.15) is 0 Å². The van der Waals surface area contributed by atoms with Crippen molar-refractivity contribution in [2.45, 2.75) is 45.3 Å². The van der Waals surface area contributed by atoms with Crippen molar-refractivity contribution in [1.29, 1.82) is 0 Å². The number of carboxylic acid groups (broad SMARTS) is 1. The average molecular weight is 202 g/mol. The van der Waals surface area contributed by atoms with E-state index in [9.17, 15) is 9.90 Å². The molecule has 0 aromatic rings. The van der Waals surface area contributed by atoms with E-state index in [4.69, 9.17) is 9.84 Å². The van der Waals surface area contributed by atoms with Crippen molar-refractivity contribution >= 4 is 5.97 Å². The lowest BCUT2D eigenvalue weighted by Gasteiger charge is -2.44. The molecule has 0 radical (unpaired) electrons. The molecular weight excluding hydrogens is 184 g/mol. The molecule has 0 aromatic heterocycles. The summed E-state index contributed by atoms with van der Waals surface area (Å²) in [7, 11) is 0. The first-order valence-corrected chi connectivity index (χ1v) is 4.87. The number of hydrogen-bond acceptors (Lipinski definition) is 3. The Balaban J connectivity index is 2.87. The molecule has 0 spiro atoms. The van der Waals surface area contributed by atoms with Crippen molar-refractivity contribution in [2.75, 3.05) is 6.61 Å². The number of aliphatic hydroxyl groups is 1. The Bertz CT molecular complexity index is 236. The first-order chi connectivity index (χ1) is 6.29. The van der Waals surface area contributed by atoms with Gasteiger partial charge in [-0.1, -0.05) is 0 Å². The van der Waals surface area contributed by atoms with Crippen LogP contribution in [0.4, 0.5) is 0 Å². The molecule has 1 aliphatic rings. The van der Waals surface area contributed by atoms with Gasteiger partial charge in [-0.3, -0.25) is 4.79 Å². The van der Waals surface area contributed by atoms with E-state index in [1.807, 2.05) is 6.92 Å². The van der Waals surface area contributed by atoms with E-state index in [0.717, 1.165) is 0 Å². The van der Waals surface area contributed by atoms with E-state index in [-0.39, 0.29) is 6.10 Å². The van der Waals surface area contributed by atoms with Gasteiger partial charge < -0.3 is 14.9 Å². The zero-order valence-electron chi connectivity index (χ0n) is 8.91. The number of carbonyl (C=O) groups is 1. The van der Waals surface area contributed by atoms with Gasteiger partial charge in [-0.2, -0.15) is 0 Å². The van der Waals surface area contributed by atoms with Crippen LogP contribution in [0.25, 0.3) is 0 Å². The molecule has 1 aliphatic heterocycles.